The van der Waals surface area contributed by atoms with Crippen LogP contribution in [0.1, 0.15) is 12.0 Å². The van der Waals surface area contributed by atoms with Gasteiger partial charge in [0.2, 0.25) is 5.95 Å². The summed E-state index contributed by atoms with van der Waals surface area (Å²) in [6, 6.07) is 8.08. The van der Waals surface area contributed by atoms with Crippen molar-refractivity contribution >= 4 is 17.5 Å². The van der Waals surface area contributed by atoms with Crippen molar-refractivity contribution in [1.29, 1.82) is 0 Å². The molecule has 0 radical (unpaired) electrons. The second kappa shape index (κ2) is 7.40. The van der Waals surface area contributed by atoms with Gasteiger partial charge in [-0.05, 0) is 31.0 Å². The lowest BCUT2D eigenvalue weighted by molar-refractivity contribution is 0.197. The minimum Gasteiger partial charge on any atom is -0.385 e. The fraction of sp³-hybridized carbons (Fsp3) is 0.357. The summed E-state index contributed by atoms with van der Waals surface area (Å²) in [5.41, 5.74) is 2.17. The van der Waals surface area contributed by atoms with Crippen LogP contribution in [-0.2, 0) is 4.74 Å². The molecule has 0 aliphatic rings. The van der Waals surface area contributed by atoms with Crippen molar-refractivity contribution in [3.8, 4) is 0 Å². The maximum absolute atomic E-state index is 4.98. The Morgan fingerprint density at radius 1 is 1.30 bits per heavy atom. The van der Waals surface area contributed by atoms with E-state index in [9.17, 15) is 0 Å². The van der Waals surface area contributed by atoms with E-state index >= 15 is 0 Å². The van der Waals surface area contributed by atoms with Crippen LogP contribution in [0.3, 0.4) is 0 Å². The van der Waals surface area contributed by atoms with Crippen LogP contribution in [0, 0.1) is 6.92 Å². The molecule has 106 valence electrons. The van der Waals surface area contributed by atoms with Gasteiger partial charge in [0.05, 0.1) is 6.20 Å². The molecule has 6 nitrogen and oxygen atoms in total. The fourth-order valence-electron chi connectivity index (χ4n) is 1.73. The highest BCUT2D eigenvalue weighted by molar-refractivity contribution is 5.56. The van der Waals surface area contributed by atoms with Gasteiger partial charge >= 0.3 is 0 Å². The first-order valence-electron chi connectivity index (χ1n) is 6.54. The normalized spacial score (nSPS) is 10.3. The Labute approximate surface area is 118 Å². The number of benzene rings is 1. The van der Waals surface area contributed by atoms with E-state index in [2.05, 4.69) is 25.8 Å². The van der Waals surface area contributed by atoms with Gasteiger partial charge in [0.1, 0.15) is 0 Å². The van der Waals surface area contributed by atoms with Crippen LogP contribution in [0.15, 0.2) is 30.5 Å². The van der Waals surface area contributed by atoms with Gasteiger partial charge in [-0.15, -0.1) is 5.10 Å². The SMILES string of the molecule is COCCCNc1nncc(Nc2cccc(C)c2)n1. The van der Waals surface area contributed by atoms with Gasteiger partial charge in [0.15, 0.2) is 5.82 Å². The summed E-state index contributed by atoms with van der Waals surface area (Å²) in [7, 11) is 1.68. The van der Waals surface area contributed by atoms with E-state index in [1.807, 2.05) is 31.2 Å². The molecule has 0 bridgehead atoms. The highest BCUT2D eigenvalue weighted by atomic mass is 16.5. The fourth-order valence-corrected chi connectivity index (χ4v) is 1.73. The Hall–Kier alpha value is -2.21. The van der Waals surface area contributed by atoms with E-state index in [4.69, 9.17) is 4.74 Å². The number of rotatable bonds is 7. The van der Waals surface area contributed by atoms with E-state index in [1.165, 1.54) is 5.56 Å². The lowest BCUT2D eigenvalue weighted by atomic mass is 10.2. The number of nitrogens with one attached hydrogen (secondary N) is 2. The molecule has 1 aromatic heterocycles. The quantitative estimate of drug-likeness (QED) is 0.755. The molecule has 1 heterocycles. The third-order valence-corrected chi connectivity index (χ3v) is 2.66. The van der Waals surface area contributed by atoms with Gasteiger partial charge in [0.25, 0.3) is 0 Å². The zero-order valence-corrected chi connectivity index (χ0v) is 11.8. The second-order valence-electron chi connectivity index (χ2n) is 4.43. The molecule has 1 aromatic carbocycles. The molecule has 6 heteroatoms. The maximum Gasteiger partial charge on any atom is 0.244 e. The third-order valence-electron chi connectivity index (χ3n) is 2.66. The Bertz CT molecular complexity index is 547. The summed E-state index contributed by atoms with van der Waals surface area (Å²) in [6.07, 6.45) is 2.50. The molecule has 0 aliphatic carbocycles. The highest BCUT2D eigenvalue weighted by Crippen LogP contribution is 2.15. The summed E-state index contributed by atoms with van der Waals surface area (Å²) in [6.45, 7) is 3.51. The Morgan fingerprint density at radius 2 is 2.20 bits per heavy atom. The van der Waals surface area contributed by atoms with E-state index in [0.29, 0.717) is 18.4 Å². The van der Waals surface area contributed by atoms with E-state index in [1.54, 1.807) is 13.3 Å². The molecule has 0 atom stereocenters. The average Bonchev–Trinajstić information content (AvgIpc) is 2.44. The van der Waals surface area contributed by atoms with Gasteiger partial charge in [-0.25, -0.2) is 0 Å². The first kappa shape index (κ1) is 14.2. The zero-order chi connectivity index (χ0) is 14.2. The number of aromatic nitrogens is 3. The minimum atomic E-state index is 0.513. The van der Waals surface area contributed by atoms with Gasteiger partial charge in [0, 0.05) is 25.9 Å². The topological polar surface area (TPSA) is 72.0 Å². The van der Waals surface area contributed by atoms with Crippen LogP contribution in [0.4, 0.5) is 17.5 Å². The van der Waals surface area contributed by atoms with Crippen LogP contribution in [0.25, 0.3) is 0 Å². The molecule has 2 aromatic rings. The molecule has 0 spiro atoms. The minimum absolute atomic E-state index is 0.513. The Morgan fingerprint density at radius 3 is 3.00 bits per heavy atom. The van der Waals surface area contributed by atoms with Crippen molar-refractivity contribution in [2.45, 2.75) is 13.3 Å². The molecule has 2 N–H and O–H groups in total. The molecule has 0 saturated heterocycles. The largest absolute Gasteiger partial charge is 0.385 e. The van der Waals surface area contributed by atoms with E-state index in [-0.39, 0.29) is 0 Å². The van der Waals surface area contributed by atoms with Gasteiger partial charge in [-0.2, -0.15) is 10.1 Å². The summed E-state index contributed by atoms with van der Waals surface area (Å²) in [4.78, 5) is 4.36. The Kier molecular flexibility index (Phi) is 5.25. The van der Waals surface area contributed by atoms with Gasteiger partial charge < -0.3 is 15.4 Å². The summed E-state index contributed by atoms with van der Waals surface area (Å²) in [5.74, 6) is 1.18. The van der Waals surface area contributed by atoms with Gasteiger partial charge in [-0.3, -0.25) is 0 Å². The molecule has 0 amide bonds. The smallest absolute Gasteiger partial charge is 0.244 e. The van der Waals surface area contributed by atoms with Crippen molar-refractivity contribution in [2.24, 2.45) is 0 Å². The molecule has 0 fully saturated rings. The molecule has 20 heavy (non-hydrogen) atoms. The lowest BCUT2D eigenvalue weighted by Crippen LogP contribution is -2.09. The molecule has 0 saturated carbocycles. The number of hydrogen-bond donors (Lipinski definition) is 2. The Balaban J connectivity index is 1.95. The number of hydrogen-bond acceptors (Lipinski definition) is 6. The molecular formula is C14H19N5O. The van der Waals surface area contributed by atoms with Crippen molar-refractivity contribution in [1.82, 2.24) is 15.2 Å². The lowest BCUT2D eigenvalue weighted by Gasteiger charge is -2.08. The van der Waals surface area contributed by atoms with Crippen molar-refractivity contribution in [2.75, 3.05) is 30.9 Å². The molecule has 0 aliphatic heterocycles. The molecule has 2 rings (SSSR count). The summed E-state index contributed by atoms with van der Waals surface area (Å²) >= 11 is 0. The van der Waals surface area contributed by atoms with Gasteiger partial charge in [-0.1, -0.05) is 12.1 Å². The maximum atomic E-state index is 4.98. The standard InChI is InChI=1S/C14H19N5O/c1-11-5-3-6-12(9-11)17-13-10-16-19-14(18-13)15-7-4-8-20-2/h3,5-6,9-10H,4,7-8H2,1-2H3,(H2,15,17,18,19). The van der Waals surface area contributed by atoms with Crippen molar-refractivity contribution in [3.63, 3.8) is 0 Å². The first-order chi connectivity index (χ1) is 9.78. The predicted octanol–water partition coefficient (Wildman–Crippen LogP) is 2.37. The predicted molar refractivity (Wildman–Crippen MR) is 79.3 cm³/mol. The number of methoxy groups -OCH3 is 1. The monoisotopic (exact) mass is 273 g/mol. The van der Waals surface area contributed by atoms with Crippen molar-refractivity contribution < 1.29 is 4.74 Å². The van der Waals surface area contributed by atoms with Crippen LogP contribution in [0.5, 0.6) is 0 Å². The summed E-state index contributed by atoms with van der Waals surface area (Å²) in [5, 5.41) is 14.2. The highest BCUT2D eigenvalue weighted by Gasteiger charge is 2.01. The first-order valence-corrected chi connectivity index (χ1v) is 6.54. The average molecular weight is 273 g/mol. The number of nitrogens with zero attached hydrogens (tertiary/aromatic N) is 3. The van der Waals surface area contributed by atoms with E-state index < -0.39 is 0 Å². The third kappa shape index (κ3) is 4.47. The summed E-state index contributed by atoms with van der Waals surface area (Å²) < 4.78 is 4.98. The van der Waals surface area contributed by atoms with Crippen LogP contribution < -0.4 is 10.6 Å². The van der Waals surface area contributed by atoms with Crippen LogP contribution >= 0.6 is 0 Å². The van der Waals surface area contributed by atoms with Crippen LogP contribution in [0.2, 0.25) is 0 Å². The zero-order valence-electron chi connectivity index (χ0n) is 11.8. The van der Waals surface area contributed by atoms with Crippen LogP contribution in [-0.4, -0.2) is 35.4 Å². The number of aryl methyl sites for hydroxylation is 1. The van der Waals surface area contributed by atoms with E-state index in [0.717, 1.165) is 18.7 Å². The molecular weight excluding hydrogens is 254 g/mol. The number of anilines is 3. The molecule has 0 unspecified atom stereocenters. The van der Waals surface area contributed by atoms with Crippen molar-refractivity contribution in [3.05, 3.63) is 36.0 Å². The number of ether oxygens (including phenoxy) is 1. The second-order valence-corrected chi connectivity index (χ2v) is 4.43.